The number of para-hydroxylation sites is 1. The van der Waals surface area contributed by atoms with Crippen LogP contribution in [0.15, 0.2) is 78.9 Å². The molecule has 1 aromatic heterocycles. The highest BCUT2D eigenvalue weighted by molar-refractivity contribution is 6.03. The fourth-order valence-corrected chi connectivity index (χ4v) is 3.20. The van der Waals surface area contributed by atoms with Crippen LogP contribution in [0.5, 0.6) is 0 Å². The number of hydrogen-bond donors (Lipinski definition) is 2. The number of carbonyl (C=O) groups excluding carboxylic acids is 2. The van der Waals surface area contributed by atoms with Crippen LogP contribution in [0.1, 0.15) is 26.5 Å². The van der Waals surface area contributed by atoms with Gasteiger partial charge in [0.2, 0.25) is 5.82 Å². The summed E-state index contributed by atoms with van der Waals surface area (Å²) in [6, 6.07) is 24.2. The molecule has 4 aromatic rings. The third-order valence-corrected chi connectivity index (χ3v) is 4.81. The molecule has 0 spiro atoms. The zero-order valence-corrected chi connectivity index (χ0v) is 17.2. The summed E-state index contributed by atoms with van der Waals surface area (Å²) in [6.07, 6.45) is 0. The van der Waals surface area contributed by atoms with Gasteiger partial charge in [0, 0.05) is 23.9 Å². The van der Waals surface area contributed by atoms with E-state index in [4.69, 9.17) is 0 Å². The lowest BCUT2D eigenvalue weighted by atomic mass is 10.1. The molecule has 0 aliphatic carbocycles. The van der Waals surface area contributed by atoms with Crippen molar-refractivity contribution >= 4 is 17.5 Å². The van der Waals surface area contributed by atoms with Gasteiger partial charge < -0.3 is 10.6 Å². The van der Waals surface area contributed by atoms with Crippen molar-refractivity contribution in [1.82, 2.24) is 20.1 Å². The quantitative estimate of drug-likeness (QED) is 0.522. The van der Waals surface area contributed by atoms with Crippen molar-refractivity contribution < 1.29 is 9.59 Å². The summed E-state index contributed by atoms with van der Waals surface area (Å²) in [4.78, 5) is 29.3. The molecule has 2 amide bonds. The Labute approximate surface area is 179 Å². The van der Waals surface area contributed by atoms with E-state index in [9.17, 15) is 9.59 Å². The molecule has 3 aromatic carbocycles. The van der Waals surface area contributed by atoms with Gasteiger partial charge in [-0.2, -0.15) is 0 Å². The number of benzene rings is 3. The van der Waals surface area contributed by atoms with E-state index in [1.165, 1.54) is 0 Å². The Morgan fingerprint density at radius 3 is 2.19 bits per heavy atom. The molecule has 0 saturated carbocycles. The van der Waals surface area contributed by atoms with E-state index in [0.29, 0.717) is 17.1 Å². The van der Waals surface area contributed by atoms with Crippen LogP contribution in [-0.2, 0) is 0 Å². The Kier molecular flexibility index (Phi) is 5.57. The first-order valence-corrected chi connectivity index (χ1v) is 9.79. The second kappa shape index (κ2) is 8.62. The largest absolute Gasteiger partial charge is 0.355 e. The average molecular weight is 411 g/mol. The topological polar surface area (TPSA) is 88.9 Å². The predicted molar refractivity (Wildman–Crippen MR) is 119 cm³/mol. The van der Waals surface area contributed by atoms with Gasteiger partial charge in [-0.15, -0.1) is 5.10 Å². The van der Waals surface area contributed by atoms with Crippen molar-refractivity contribution in [2.45, 2.75) is 6.92 Å². The van der Waals surface area contributed by atoms with Crippen molar-refractivity contribution in [3.05, 3.63) is 95.8 Å². The van der Waals surface area contributed by atoms with Crippen LogP contribution in [0.3, 0.4) is 0 Å². The molecule has 4 rings (SSSR count). The second-order valence-corrected chi connectivity index (χ2v) is 6.94. The first-order chi connectivity index (χ1) is 15.1. The molecule has 0 unspecified atom stereocenters. The van der Waals surface area contributed by atoms with Gasteiger partial charge in [-0.05, 0) is 42.8 Å². The third kappa shape index (κ3) is 4.20. The minimum atomic E-state index is -0.428. The van der Waals surface area contributed by atoms with Crippen LogP contribution in [0.4, 0.5) is 5.69 Å². The smallest absolute Gasteiger partial charge is 0.295 e. The molecule has 154 valence electrons. The molecule has 0 aliphatic heterocycles. The van der Waals surface area contributed by atoms with Crippen LogP contribution in [0.25, 0.3) is 17.1 Å². The monoisotopic (exact) mass is 411 g/mol. The minimum absolute atomic E-state index is 0.0532. The maximum Gasteiger partial charge on any atom is 0.295 e. The molecule has 1 heterocycles. The van der Waals surface area contributed by atoms with Gasteiger partial charge in [0.05, 0.1) is 5.69 Å². The van der Waals surface area contributed by atoms with Gasteiger partial charge in [0.1, 0.15) is 0 Å². The van der Waals surface area contributed by atoms with E-state index in [0.717, 1.165) is 16.8 Å². The second-order valence-electron chi connectivity index (χ2n) is 6.94. The van der Waals surface area contributed by atoms with E-state index in [2.05, 4.69) is 20.7 Å². The van der Waals surface area contributed by atoms with E-state index in [1.54, 1.807) is 29.9 Å². The number of rotatable bonds is 5. The molecular weight excluding hydrogens is 390 g/mol. The van der Waals surface area contributed by atoms with Gasteiger partial charge in [0.25, 0.3) is 11.8 Å². The molecule has 7 nitrogen and oxygen atoms in total. The lowest BCUT2D eigenvalue weighted by Crippen LogP contribution is -2.19. The zero-order chi connectivity index (χ0) is 21.8. The number of aryl methyl sites for hydroxylation is 1. The van der Waals surface area contributed by atoms with Crippen LogP contribution in [0, 0.1) is 6.92 Å². The number of nitrogens with one attached hydrogen (secondary N) is 2. The first-order valence-electron chi connectivity index (χ1n) is 9.79. The number of carbonyl (C=O) groups is 2. The van der Waals surface area contributed by atoms with E-state index >= 15 is 0 Å². The molecular formula is C24H21N5O2. The normalized spacial score (nSPS) is 10.5. The molecule has 0 radical (unpaired) electrons. The van der Waals surface area contributed by atoms with Crippen molar-refractivity contribution in [2.24, 2.45) is 0 Å². The van der Waals surface area contributed by atoms with Gasteiger partial charge in [0.15, 0.2) is 5.82 Å². The first kappa shape index (κ1) is 20.0. The molecule has 0 bridgehead atoms. The Balaban J connectivity index is 1.68. The lowest BCUT2D eigenvalue weighted by molar-refractivity contribution is 0.0962. The summed E-state index contributed by atoms with van der Waals surface area (Å²) in [5, 5.41) is 9.90. The van der Waals surface area contributed by atoms with E-state index < -0.39 is 5.91 Å². The molecule has 0 saturated heterocycles. The molecule has 7 heteroatoms. The number of anilines is 1. The van der Waals surface area contributed by atoms with Crippen LogP contribution in [-0.4, -0.2) is 33.6 Å². The number of amides is 2. The fourth-order valence-electron chi connectivity index (χ4n) is 3.20. The van der Waals surface area contributed by atoms with Gasteiger partial charge in [-0.1, -0.05) is 48.5 Å². The highest BCUT2D eigenvalue weighted by atomic mass is 16.2. The SMILES string of the molecule is CNC(=O)c1ccc(NC(=O)c2nc(-c3ccccc3)n(-c3ccccc3)n2)c(C)c1. The summed E-state index contributed by atoms with van der Waals surface area (Å²) < 4.78 is 1.66. The summed E-state index contributed by atoms with van der Waals surface area (Å²) in [5.41, 5.74) is 3.54. The van der Waals surface area contributed by atoms with Crippen molar-refractivity contribution in [1.29, 1.82) is 0 Å². The average Bonchev–Trinajstić information content (AvgIpc) is 3.27. The number of hydrogen-bond acceptors (Lipinski definition) is 4. The summed E-state index contributed by atoms with van der Waals surface area (Å²) >= 11 is 0. The maximum absolute atomic E-state index is 12.9. The molecule has 0 atom stereocenters. The third-order valence-electron chi connectivity index (χ3n) is 4.81. The molecule has 0 aliphatic rings. The van der Waals surface area contributed by atoms with Crippen LogP contribution >= 0.6 is 0 Å². The van der Waals surface area contributed by atoms with Crippen molar-refractivity contribution in [3.63, 3.8) is 0 Å². The molecule has 31 heavy (non-hydrogen) atoms. The highest BCUT2D eigenvalue weighted by Crippen LogP contribution is 2.22. The fraction of sp³-hybridized carbons (Fsp3) is 0.0833. The molecule has 2 N–H and O–H groups in total. The van der Waals surface area contributed by atoms with Crippen molar-refractivity contribution in [3.8, 4) is 17.1 Å². The van der Waals surface area contributed by atoms with Crippen LogP contribution < -0.4 is 10.6 Å². The van der Waals surface area contributed by atoms with Crippen LogP contribution in [0.2, 0.25) is 0 Å². The standard InChI is InChI=1S/C24H21N5O2/c1-16-15-18(23(30)25-2)13-14-20(16)26-24(31)21-27-22(17-9-5-3-6-10-17)29(28-21)19-11-7-4-8-12-19/h3-15H,1-2H3,(H,25,30)(H,26,31). The molecule has 0 fully saturated rings. The van der Waals surface area contributed by atoms with E-state index in [-0.39, 0.29) is 11.7 Å². The summed E-state index contributed by atoms with van der Waals surface area (Å²) in [5.74, 6) is 0.0144. The Morgan fingerprint density at radius 1 is 0.871 bits per heavy atom. The van der Waals surface area contributed by atoms with Gasteiger partial charge in [-0.3, -0.25) is 9.59 Å². The Hall–Kier alpha value is -4.26. The van der Waals surface area contributed by atoms with Crippen molar-refractivity contribution in [2.75, 3.05) is 12.4 Å². The zero-order valence-electron chi connectivity index (χ0n) is 17.2. The van der Waals surface area contributed by atoms with Gasteiger partial charge >= 0.3 is 0 Å². The highest BCUT2D eigenvalue weighted by Gasteiger charge is 2.19. The minimum Gasteiger partial charge on any atom is -0.355 e. The Bertz CT molecular complexity index is 1180. The maximum atomic E-state index is 12.9. The number of nitrogens with zero attached hydrogens (tertiary/aromatic N) is 3. The summed E-state index contributed by atoms with van der Waals surface area (Å²) in [6.45, 7) is 1.83. The predicted octanol–water partition coefficient (Wildman–Crippen LogP) is 3.85. The summed E-state index contributed by atoms with van der Waals surface area (Å²) in [7, 11) is 1.58. The lowest BCUT2D eigenvalue weighted by Gasteiger charge is -2.08. The Morgan fingerprint density at radius 2 is 1.55 bits per heavy atom. The number of aromatic nitrogens is 3. The van der Waals surface area contributed by atoms with Gasteiger partial charge in [-0.25, -0.2) is 9.67 Å². The van der Waals surface area contributed by atoms with E-state index in [1.807, 2.05) is 67.6 Å².